The number of H-pyrrole nitrogens is 1. The molecule has 1 amide bonds. The third kappa shape index (κ3) is 3.37. The third-order valence-corrected chi connectivity index (χ3v) is 6.22. The lowest BCUT2D eigenvalue weighted by Crippen LogP contribution is -2.39. The van der Waals surface area contributed by atoms with Gasteiger partial charge in [-0.05, 0) is 33.1 Å². The van der Waals surface area contributed by atoms with Crippen LogP contribution in [-0.2, 0) is 13.0 Å². The Morgan fingerprint density at radius 2 is 2.10 bits per heavy atom. The number of amides is 1. The van der Waals surface area contributed by atoms with Gasteiger partial charge in [-0.1, -0.05) is 13.8 Å². The molecule has 0 spiro atoms. The van der Waals surface area contributed by atoms with Gasteiger partial charge < -0.3 is 19.6 Å². The minimum absolute atomic E-state index is 0.00493. The molecule has 31 heavy (non-hydrogen) atoms. The molecule has 162 valence electrons. The van der Waals surface area contributed by atoms with Gasteiger partial charge >= 0.3 is 0 Å². The topological polar surface area (TPSA) is 117 Å². The van der Waals surface area contributed by atoms with Crippen LogP contribution in [0.15, 0.2) is 15.5 Å². The molecule has 3 aromatic heterocycles. The lowest BCUT2D eigenvalue weighted by atomic mass is 10.0. The molecule has 9 nitrogen and oxygen atoms in total. The standard InChI is InChI=1S/C22H26N6O3/c1-11(2)17-25-14-9-28(8-5-13(14)19(29)26-17)21(30)15-12(3)31-20-16(15)18(23-10-24-20)27-22(4)6-7-22/h10-11H,5-9H2,1-4H3,(H,23,24,27)(H,25,26,29). The summed E-state index contributed by atoms with van der Waals surface area (Å²) in [6.07, 6.45) is 4.03. The summed E-state index contributed by atoms with van der Waals surface area (Å²) in [5.41, 5.74) is 2.08. The predicted octanol–water partition coefficient (Wildman–Crippen LogP) is 2.90. The van der Waals surface area contributed by atoms with Crippen LogP contribution in [0.2, 0.25) is 0 Å². The van der Waals surface area contributed by atoms with Gasteiger partial charge in [0, 0.05) is 23.6 Å². The van der Waals surface area contributed by atoms with E-state index in [1.807, 2.05) is 13.8 Å². The van der Waals surface area contributed by atoms with E-state index in [1.54, 1.807) is 11.8 Å². The quantitative estimate of drug-likeness (QED) is 0.664. The highest BCUT2D eigenvalue weighted by Crippen LogP contribution is 2.40. The highest BCUT2D eigenvalue weighted by atomic mass is 16.3. The second kappa shape index (κ2) is 6.90. The average Bonchev–Trinajstić information content (AvgIpc) is 3.35. The molecule has 0 aromatic carbocycles. The lowest BCUT2D eigenvalue weighted by Gasteiger charge is -2.28. The first-order chi connectivity index (χ1) is 14.8. The van der Waals surface area contributed by atoms with Crippen LogP contribution in [0.1, 0.15) is 72.7 Å². The summed E-state index contributed by atoms with van der Waals surface area (Å²) in [5, 5.41) is 4.07. The molecule has 0 bridgehead atoms. The monoisotopic (exact) mass is 422 g/mol. The number of furan rings is 1. The van der Waals surface area contributed by atoms with E-state index < -0.39 is 0 Å². The first-order valence-electron chi connectivity index (χ1n) is 10.7. The summed E-state index contributed by atoms with van der Waals surface area (Å²) in [6, 6.07) is 0. The first-order valence-corrected chi connectivity index (χ1v) is 10.7. The van der Waals surface area contributed by atoms with Crippen LogP contribution in [0, 0.1) is 6.92 Å². The predicted molar refractivity (Wildman–Crippen MR) is 115 cm³/mol. The van der Waals surface area contributed by atoms with Crippen LogP contribution in [0.5, 0.6) is 0 Å². The number of anilines is 1. The van der Waals surface area contributed by atoms with Crippen molar-refractivity contribution in [1.29, 1.82) is 0 Å². The van der Waals surface area contributed by atoms with Gasteiger partial charge in [-0.2, -0.15) is 0 Å². The van der Waals surface area contributed by atoms with Gasteiger partial charge in [0.1, 0.15) is 23.7 Å². The molecule has 1 saturated carbocycles. The molecule has 3 aromatic rings. The molecular formula is C22H26N6O3. The van der Waals surface area contributed by atoms with Gasteiger partial charge in [0.15, 0.2) is 0 Å². The van der Waals surface area contributed by atoms with Crippen molar-refractivity contribution in [2.24, 2.45) is 0 Å². The van der Waals surface area contributed by atoms with E-state index in [0.29, 0.717) is 58.3 Å². The van der Waals surface area contributed by atoms with E-state index in [1.165, 1.54) is 6.33 Å². The second-order valence-corrected chi connectivity index (χ2v) is 9.13. The van der Waals surface area contributed by atoms with Gasteiger partial charge in [-0.3, -0.25) is 9.59 Å². The van der Waals surface area contributed by atoms with Crippen LogP contribution in [0.25, 0.3) is 11.1 Å². The number of aromatic nitrogens is 4. The zero-order chi connectivity index (χ0) is 21.9. The van der Waals surface area contributed by atoms with Crippen molar-refractivity contribution in [3.05, 3.63) is 45.1 Å². The SMILES string of the molecule is Cc1oc2ncnc(NC3(C)CC3)c2c1C(=O)N1CCc2c(nc(C(C)C)[nH]c2=O)C1. The number of rotatable bonds is 4. The lowest BCUT2D eigenvalue weighted by molar-refractivity contribution is 0.0731. The molecule has 1 aliphatic heterocycles. The van der Waals surface area contributed by atoms with E-state index >= 15 is 0 Å². The zero-order valence-corrected chi connectivity index (χ0v) is 18.2. The minimum atomic E-state index is -0.158. The molecular weight excluding hydrogens is 396 g/mol. The van der Waals surface area contributed by atoms with E-state index in [9.17, 15) is 9.59 Å². The Morgan fingerprint density at radius 3 is 2.81 bits per heavy atom. The molecule has 1 fully saturated rings. The van der Waals surface area contributed by atoms with Gasteiger partial charge in [0.2, 0.25) is 5.71 Å². The highest BCUT2D eigenvalue weighted by molar-refractivity contribution is 6.10. The molecule has 4 heterocycles. The summed E-state index contributed by atoms with van der Waals surface area (Å²) >= 11 is 0. The van der Waals surface area contributed by atoms with Gasteiger partial charge in [-0.25, -0.2) is 15.0 Å². The van der Waals surface area contributed by atoms with E-state index in [4.69, 9.17) is 4.42 Å². The number of hydrogen-bond donors (Lipinski definition) is 2. The Hall–Kier alpha value is -3.23. The Bertz CT molecular complexity index is 1250. The number of nitrogens with one attached hydrogen (secondary N) is 2. The van der Waals surface area contributed by atoms with E-state index in [0.717, 1.165) is 12.8 Å². The van der Waals surface area contributed by atoms with Crippen LogP contribution >= 0.6 is 0 Å². The number of aromatic amines is 1. The van der Waals surface area contributed by atoms with Crippen molar-refractivity contribution >= 4 is 22.8 Å². The fourth-order valence-electron chi connectivity index (χ4n) is 4.06. The van der Waals surface area contributed by atoms with Crippen LogP contribution in [0.4, 0.5) is 5.82 Å². The van der Waals surface area contributed by atoms with Crippen molar-refractivity contribution in [3.63, 3.8) is 0 Å². The third-order valence-electron chi connectivity index (χ3n) is 6.22. The molecule has 0 saturated heterocycles. The van der Waals surface area contributed by atoms with Crippen molar-refractivity contribution in [1.82, 2.24) is 24.8 Å². The summed E-state index contributed by atoms with van der Waals surface area (Å²) in [5.74, 6) is 1.71. The van der Waals surface area contributed by atoms with Crippen molar-refractivity contribution in [2.45, 2.75) is 65.0 Å². The van der Waals surface area contributed by atoms with Gasteiger partial charge in [0.05, 0.1) is 23.2 Å². The number of aryl methyl sites for hydroxylation is 1. The first kappa shape index (κ1) is 19.7. The summed E-state index contributed by atoms with van der Waals surface area (Å²) in [4.78, 5) is 43.9. The maximum atomic E-state index is 13.6. The van der Waals surface area contributed by atoms with Crippen molar-refractivity contribution in [3.8, 4) is 0 Å². The van der Waals surface area contributed by atoms with Crippen LogP contribution < -0.4 is 10.9 Å². The van der Waals surface area contributed by atoms with E-state index in [2.05, 4.69) is 32.2 Å². The second-order valence-electron chi connectivity index (χ2n) is 9.13. The van der Waals surface area contributed by atoms with Gasteiger partial charge in [0.25, 0.3) is 11.5 Å². The number of fused-ring (bicyclic) bond motifs is 2. The maximum Gasteiger partial charge on any atom is 0.258 e. The molecule has 2 N–H and O–H groups in total. The largest absolute Gasteiger partial charge is 0.442 e. The fourth-order valence-corrected chi connectivity index (χ4v) is 4.06. The van der Waals surface area contributed by atoms with Crippen LogP contribution in [0.3, 0.4) is 0 Å². The number of carbonyl (C=O) groups is 1. The Labute approximate surface area is 179 Å². The van der Waals surface area contributed by atoms with E-state index in [-0.39, 0.29) is 29.5 Å². The molecule has 0 atom stereocenters. The molecule has 1 aliphatic carbocycles. The summed E-state index contributed by atoms with van der Waals surface area (Å²) < 4.78 is 5.82. The Balaban J connectivity index is 1.53. The zero-order valence-electron chi connectivity index (χ0n) is 18.2. The van der Waals surface area contributed by atoms with Gasteiger partial charge in [-0.15, -0.1) is 0 Å². The summed E-state index contributed by atoms with van der Waals surface area (Å²) in [7, 11) is 0. The van der Waals surface area contributed by atoms with Crippen molar-refractivity contribution in [2.75, 3.05) is 11.9 Å². The Kier molecular flexibility index (Phi) is 4.39. The Morgan fingerprint density at radius 1 is 1.32 bits per heavy atom. The normalized spacial score (nSPS) is 17.1. The number of carbonyl (C=O) groups excluding carboxylic acids is 1. The smallest absolute Gasteiger partial charge is 0.258 e. The molecule has 5 rings (SSSR count). The molecule has 2 aliphatic rings. The molecule has 0 unspecified atom stereocenters. The number of hydrogen-bond acceptors (Lipinski definition) is 7. The fraction of sp³-hybridized carbons (Fsp3) is 0.500. The number of nitrogens with zero attached hydrogens (tertiary/aromatic N) is 4. The molecule has 9 heteroatoms. The average molecular weight is 422 g/mol. The minimum Gasteiger partial charge on any atom is -0.442 e. The maximum absolute atomic E-state index is 13.6. The molecule has 0 radical (unpaired) electrons. The highest BCUT2D eigenvalue weighted by Gasteiger charge is 2.39. The summed E-state index contributed by atoms with van der Waals surface area (Å²) in [6.45, 7) is 8.59. The van der Waals surface area contributed by atoms with Crippen LogP contribution in [-0.4, -0.2) is 42.8 Å². The van der Waals surface area contributed by atoms with Crippen molar-refractivity contribution < 1.29 is 9.21 Å².